The zero-order chi connectivity index (χ0) is 14.1. The number of benzene rings is 1. The largest absolute Gasteiger partial charge is 0.291 e. The lowest BCUT2D eigenvalue weighted by atomic mass is 10.1. The van der Waals surface area contributed by atoms with Gasteiger partial charge in [0, 0.05) is 27.0 Å². The second-order valence-corrected chi connectivity index (χ2v) is 6.07. The van der Waals surface area contributed by atoms with E-state index < -0.39 is 0 Å². The summed E-state index contributed by atoms with van der Waals surface area (Å²) in [5, 5.41) is 3.52. The molecule has 0 saturated heterocycles. The van der Waals surface area contributed by atoms with E-state index in [-0.39, 0.29) is 11.7 Å². The van der Waals surface area contributed by atoms with Gasteiger partial charge < -0.3 is 0 Å². The van der Waals surface area contributed by atoms with Crippen molar-refractivity contribution in [3.63, 3.8) is 0 Å². The monoisotopic (exact) mass is 366 g/mol. The van der Waals surface area contributed by atoms with Crippen molar-refractivity contribution in [2.24, 2.45) is 0 Å². The van der Waals surface area contributed by atoms with Crippen LogP contribution in [-0.2, 0) is 0 Å². The average molecular weight is 368 g/mol. The number of hydrogen-bond donors (Lipinski definition) is 0. The average Bonchev–Trinajstić information content (AvgIpc) is 2.97. The van der Waals surface area contributed by atoms with Crippen LogP contribution in [0.25, 0.3) is 21.5 Å². The first-order valence-corrected chi connectivity index (χ1v) is 7.99. The number of thiazole rings is 1. The van der Waals surface area contributed by atoms with E-state index in [1.807, 2.05) is 24.3 Å². The summed E-state index contributed by atoms with van der Waals surface area (Å²) < 4.78 is 0.984. The third-order valence-electron chi connectivity index (χ3n) is 2.86. The molecule has 3 aromatic rings. The molecule has 0 aliphatic rings. The molecule has 0 amide bonds. The highest BCUT2D eigenvalue weighted by Crippen LogP contribution is 2.33. The smallest absolute Gasteiger partial charge is 0.196 e. The molecule has 2 aromatic heterocycles. The van der Waals surface area contributed by atoms with Gasteiger partial charge >= 0.3 is 0 Å². The van der Waals surface area contributed by atoms with E-state index >= 15 is 0 Å². The van der Waals surface area contributed by atoms with Gasteiger partial charge in [-0.05, 0) is 18.2 Å². The number of ketones is 1. The van der Waals surface area contributed by atoms with Gasteiger partial charge in [-0.3, -0.25) is 9.78 Å². The van der Waals surface area contributed by atoms with Crippen LogP contribution < -0.4 is 0 Å². The fourth-order valence-corrected chi connectivity index (χ4v) is 3.34. The number of hydrogen-bond acceptors (Lipinski definition) is 4. The second kappa shape index (κ2) is 5.60. The summed E-state index contributed by atoms with van der Waals surface area (Å²) in [6.45, 7) is 0. The van der Waals surface area contributed by atoms with Crippen LogP contribution in [0.1, 0.15) is 10.5 Å². The van der Waals surface area contributed by atoms with Crippen molar-refractivity contribution in [1.82, 2.24) is 9.97 Å². The molecule has 1 aromatic carbocycles. The van der Waals surface area contributed by atoms with Gasteiger partial charge in [-0.25, -0.2) is 4.98 Å². The van der Waals surface area contributed by atoms with Crippen LogP contribution in [0.3, 0.4) is 0 Å². The van der Waals surface area contributed by atoms with E-state index in [2.05, 4.69) is 25.9 Å². The number of aromatic nitrogens is 2. The summed E-state index contributed by atoms with van der Waals surface area (Å²) in [6, 6.07) is 7.80. The minimum Gasteiger partial charge on any atom is -0.291 e. The zero-order valence-corrected chi connectivity index (χ0v) is 13.3. The van der Waals surface area contributed by atoms with Crippen molar-refractivity contribution >= 4 is 55.6 Å². The first-order valence-electron chi connectivity index (χ1n) is 5.79. The number of carbonyl (C=O) groups is 1. The van der Waals surface area contributed by atoms with Crippen LogP contribution in [0.2, 0.25) is 0 Å². The Bertz CT molecular complexity index is 803. The SMILES string of the molecule is O=C(CCl)c1csc(-c2ccc(Br)c3cccnc23)n1. The van der Waals surface area contributed by atoms with E-state index in [1.54, 1.807) is 11.6 Å². The molecule has 0 radical (unpaired) electrons. The van der Waals surface area contributed by atoms with Crippen LogP contribution in [-0.4, -0.2) is 21.6 Å². The molecule has 0 unspecified atom stereocenters. The fourth-order valence-electron chi connectivity index (χ4n) is 1.90. The van der Waals surface area contributed by atoms with Gasteiger partial charge in [-0.15, -0.1) is 22.9 Å². The van der Waals surface area contributed by atoms with Gasteiger partial charge in [0.25, 0.3) is 0 Å². The van der Waals surface area contributed by atoms with Gasteiger partial charge in [0.05, 0.1) is 11.4 Å². The van der Waals surface area contributed by atoms with Crippen LogP contribution in [0.5, 0.6) is 0 Å². The normalized spacial score (nSPS) is 10.9. The molecule has 0 bridgehead atoms. The summed E-state index contributed by atoms with van der Waals surface area (Å²) in [6.07, 6.45) is 1.75. The summed E-state index contributed by atoms with van der Waals surface area (Å²) in [7, 11) is 0. The van der Waals surface area contributed by atoms with Crippen molar-refractivity contribution in [2.45, 2.75) is 0 Å². The number of fused-ring (bicyclic) bond motifs is 1. The van der Waals surface area contributed by atoms with Crippen LogP contribution >= 0.6 is 38.9 Å². The number of Topliss-reactive ketones (excluding diaryl/α,β-unsaturated/α-hetero) is 1. The Morgan fingerprint density at radius 3 is 3.00 bits per heavy atom. The molecule has 3 rings (SSSR count). The number of rotatable bonds is 3. The van der Waals surface area contributed by atoms with Crippen molar-refractivity contribution < 1.29 is 4.79 Å². The number of carbonyl (C=O) groups excluding carboxylic acids is 1. The quantitative estimate of drug-likeness (QED) is 0.504. The molecule has 0 aliphatic carbocycles. The maximum Gasteiger partial charge on any atom is 0.196 e. The molecule has 0 fully saturated rings. The summed E-state index contributed by atoms with van der Waals surface area (Å²) in [5.41, 5.74) is 2.19. The highest BCUT2D eigenvalue weighted by Gasteiger charge is 2.14. The Labute approximate surface area is 132 Å². The molecular formula is C14H8BrClN2OS. The minimum atomic E-state index is -0.163. The van der Waals surface area contributed by atoms with E-state index in [4.69, 9.17) is 11.6 Å². The topological polar surface area (TPSA) is 42.9 Å². The lowest BCUT2D eigenvalue weighted by Gasteiger charge is -2.04. The van der Waals surface area contributed by atoms with E-state index in [0.717, 1.165) is 25.9 Å². The summed E-state index contributed by atoms with van der Waals surface area (Å²) in [5.74, 6) is -0.216. The third-order valence-corrected chi connectivity index (χ3v) is 4.67. The van der Waals surface area contributed by atoms with Crippen molar-refractivity contribution in [2.75, 3.05) is 5.88 Å². The highest BCUT2D eigenvalue weighted by molar-refractivity contribution is 9.10. The molecule has 0 aliphatic heterocycles. The lowest BCUT2D eigenvalue weighted by Crippen LogP contribution is -2.00. The van der Waals surface area contributed by atoms with E-state index in [0.29, 0.717) is 5.69 Å². The summed E-state index contributed by atoms with van der Waals surface area (Å²) in [4.78, 5) is 20.3. The molecule has 6 heteroatoms. The Kier molecular flexibility index (Phi) is 3.83. The van der Waals surface area contributed by atoms with Crippen molar-refractivity contribution in [3.05, 3.63) is 46.0 Å². The standard InChI is InChI=1S/C14H8BrClN2OS/c15-10-4-3-9(13-8(10)2-1-5-17-13)14-18-11(7-20-14)12(19)6-16/h1-5,7H,6H2. The molecule has 0 spiro atoms. The minimum absolute atomic E-state index is 0.0531. The number of nitrogens with zero attached hydrogens (tertiary/aromatic N) is 2. The van der Waals surface area contributed by atoms with Gasteiger partial charge in [0.1, 0.15) is 10.7 Å². The first-order chi connectivity index (χ1) is 9.70. The predicted molar refractivity (Wildman–Crippen MR) is 85.6 cm³/mol. The number of halogens is 2. The molecule has 0 saturated carbocycles. The van der Waals surface area contributed by atoms with Crippen LogP contribution in [0, 0.1) is 0 Å². The van der Waals surface area contributed by atoms with Crippen molar-refractivity contribution in [3.8, 4) is 10.6 Å². The van der Waals surface area contributed by atoms with Gasteiger partial charge in [-0.2, -0.15) is 0 Å². The Morgan fingerprint density at radius 1 is 1.35 bits per heavy atom. The number of pyridine rings is 1. The molecule has 0 atom stereocenters. The summed E-state index contributed by atoms with van der Waals surface area (Å²) >= 11 is 10.5. The molecule has 0 N–H and O–H groups in total. The molecule has 20 heavy (non-hydrogen) atoms. The van der Waals surface area contributed by atoms with Crippen LogP contribution in [0.4, 0.5) is 0 Å². The van der Waals surface area contributed by atoms with Gasteiger partial charge in [-0.1, -0.05) is 22.0 Å². The van der Waals surface area contributed by atoms with E-state index in [1.165, 1.54) is 11.3 Å². The Morgan fingerprint density at radius 2 is 2.20 bits per heavy atom. The highest BCUT2D eigenvalue weighted by atomic mass is 79.9. The lowest BCUT2D eigenvalue weighted by molar-refractivity contribution is 0.101. The Hall–Kier alpha value is -1.30. The fraction of sp³-hybridized carbons (Fsp3) is 0.0714. The van der Waals surface area contributed by atoms with E-state index in [9.17, 15) is 4.79 Å². The first kappa shape index (κ1) is 13.7. The maximum absolute atomic E-state index is 11.6. The van der Waals surface area contributed by atoms with Crippen molar-refractivity contribution in [1.29, 1.82) is 0 Å². The zero-order valence-electron chi connectivity index (χ0n) is 10.1. The molecule has 100 valence electrons. The van der Waals surface area contributed by atoms with Gasteiger partial charge in [0.2, 0.25) is 0 Å². The number of alkyl halides is 1. The predicted octanol–water partition coefficient (Wildman–Crippen LogP) is 4.54. The molecular weight excluding hydrogens is 360 g/mol. The van der Waals surface area contributed by atoms with Crippen LogP contribution in [0.15, 0.2) is 40.3 Å². The Balaban J connectivity index is 2.17. The maximum atomic E-state index is 11.6. The molecule has 3 nitrogen and oxygen atoms in total. The molecule has 2 heterocycles. The van der Waals surface area contributed by atoms with Gasteiger partial charge in [0.15, 0.2) is 5.78 Å². The third kappa shape index (κ3) is 2.37. The second-order valence-electron chi connectivity index (χ2n) is 4.09.